The summed E-state index contributed by atoms with van der Waals surface area (Å²) in [6.45, 7) is 2.89. The van der Waals surface area contributed by atoms with Gasteiger partial charge in [-0.1, -0.05) is 18.2 Å². The Kier molecular flexibility index (Phi) is 7.47. The molecule has 0 fully saturated rings. The molecule has 0 radical (unpaired) electrons. The Morgan fingerprint density at radius 3 is 2.50 bits per heavy atom. The highest BCUT2D eigenvalue weighted by Gasteiger charge is 2.30. The van der Waals surface area contributed by atoms with Gasteiger partial charge in [-0.25, -0.2) is 0 Å². The molecule has 0 spiro atoms. The van der Waals surface area contributed by atoms with Gasteiger partial charge in [-0.3, -0.25) is 14.4 Å². The second kappa shape index (κ2) is 10.7. The van der Waals surface area contributed by atoms with E-state index in [1.54, 1.807) is 40.9 Å². The van der Waals surface area contributed by atoms with E-state index in [1.165, 1.54) is 13.2 Å². The highest BCUT2D eigenvalue weighted by molar-refractivity contribution is 5.98. The third-order valence-corrected chi connectivity index (χ3v) is 6.77. The molecule has 1 aromatic carbocycles. The van der Waals surface area contributed by atoms with Crippen LogP contribution in [0.2, 0.25) is 0 Å². The molecule has 1 atom stereocenters. The number of nitrogens with zero attached hydrogens (tertiary/aromatic N) is 3. The Labute approximate surface area is 209 Å². The first-order valence-corrected chi connectivity index (χ1v) is 11.9. The Balaban J connectivity index is 1.61. The number of hydrogen-bond acceptors (Lipinski definition) is 6. The van der Waals surface area contributed by atoms with Crippen LogP contribution in [0.25, 0.3) is 0 Å². The molecule has 0 saturated carbocycles. The molecule has 1 aliphatic rings. The van der Waals surface area contributed by atoms with Crippen LogP contribution in [0.15, 0.2) is 57.9 Å². The largest absolute Gasteiger partial charge is 0.496 e. The number of carbonyl (C=O) groups is 2. The smallest absolute Gasteiger partial charge is 0.259 e. The molecule has 0 N–H and O–H groups in total. The lowest BCUT2D eigenvalue weighted by Gasteiger charge is -2.26. The molecular weight excluding hydrogens is 462 g/mol. The van der Waals surface area contributed by atoms with Crippen LogP contribution in [-0.2, 0) is 24.2 Å². The first-order valence-electron chi connectivity index (χ1n) is 11.9. The third kappa shape index (κ3) is 4.86. The van der Waals surface area contributed by atoms with Crippen molar-refractivity contribution in [2.24, 2.45) is 0 Å². The Hall–Kier alpha value is -4.01. The molecule has 9 heteroatoms. The van der Waals surface area contributed by atoms with Crippen LogP contribution < -0.4 is 15.0 Å². The number of hydrogen-bond donors (Lipinski definition) is 0. The summed E-state index contributed by atoms with van der Waals surface area (Å²) in [6, 6.07) is 12.0. The standard InChI is InChI=1S/C27H31N3O6/c1-18(21-10-7-15-36-21)28(2)27(33)26-20-11-12-29(13-14-30(20)25(32)17-23(26)35-4)24(31)16-19-8-5-6-9-22(19)34-3/h5-10,15,17-18H,11-14,16H2,1-4H3/t18-/m0/s1. The SMILES string of the molecule is COc1ccccc1CC(=O)N1CCc2c(C(=O)N(C)[C@@H](C)c3ccco3)c(OC)cc(=O)n2CC1. The predicted molar refractivity (Wildman–Crippen MR) is 133 cm³/mol. The van der Waals surface area contributed by atoms with Crippen molar-refractivity contribution in [3.63, 3.8) is 0 Å². The lowest BCUT2D eigenvalue weighted by atomic mass is 10.1. The monoisotopic (exact) mass is 493 g/mol. The van der Waals surface area contributed by atoms with E-state index in [0.717, 1.165) is 5.56 Å². The molecule has 3 heterocycles. The molecule has 3 aromatic rings. The molecule has 9 nitrogen and oxygen atoms in total. The number of para-hydroxylation sites is 1. The predicted octanol–water partition coefficient (Wildman–Crippen LogP) is 2.92. The number of benzene rings is 1. The van der Waals surface area contributed by atoms with Crippen molar-refractivity contribution in [2.75, 3.05) is 34.4 Å². The van der Waals surface area contributed by atoms with E-state index in [4.69, 9.17) is 13.9 Å². The van der Waals surface area contributed by atoms with Crippen LogP contribution in [0.4, 0.5) is 0 Å². The van der Waals surface area contributed by atoms with Crippen molar-refractivity contribution in [1.29, 1.82) is 0 Å². The van der Waals surface area contributed by atoms with Gasteiger partial charge in [-0.05, 0) is 25.1 Å². The van der Waals surface area contributed by atoms with Gasteiger partial charge in [0.25, 0.3) is 11.5 Å². The minimum absolute atomic E-state index is 0.0660. The lowest BCUT2D eigenvalue weighted by Crippen LogP contribution is -2.35. The van der Waals surface area contributed by atoms with Crippen LogP contribution in [0, 0.1) is 0 Å². The number of rotatable bonds is 7. The Morgan fingerprint density at radius 2 is 1.81 bits per heavy atom. The first kappa shape index (κ1) is 25.1. The fraction of sp³-hybridized carbons (Fsp3) is 0.370. The van der Waals surface area contributed by atoms with Crippen LogP contribution in [-0.4, -0.2) is 60.5 Å². The fourth-order valence-electron chi connectivity index (χ4n) is 4.59. The van der Waals surface area contributed by atoms with E-state index in [9.17, 15) is 14.4 Å². The quantitative estimate of drug-likeness (QED) is 0.502. The molecule has 0 saturated heterocycles. The first-order chi connectivity index (χ1) is 17.3. The zero-order chi connectivity index (χ0) is 25.8. The van der Waals surface area contributed by atoms with Gasteiger partial charge in [0.05, 0.1) is 32.9 Å². The van der Waals surface area contributed by atoms with E-state index in [2.05, 4.69) is 0 Å². The molecule has 0 unspecified atom stereocenters. The number of methoxy groups -OCH3 is 2. The van der Waals surface area contributed by atoms with E-state index in [0.29, 0.717) is 42.3 Å². The second-order valence-corrected chi connectivity index (χ2v) is 8.75. The zero-order valence-corrected chi connectivity index (χ0v) is 21.0. The fourth-order valence-corrected chi connectivity index (χ4v) is 4.59. The molecule has 36 heavy (non-hydrogen) atoms. The highest BCUT2D eigenvalue weighted by atomic mass is 16.5. The summed E-state index contributed by atoms with van der Waals surface area (Å²) < 4.78 is 17.9. The van der Waals surface area contributed by atoms with Crippen LogP contribution in [0.5, 0.6) is 11.5 Å². The van der Waals surface area contributed by atoms with Crippen molar-refractivity contribution in [3.8, 4) is 11.5 Å². The number of fused-ring (bicyclic) bond motifs is 1. The number of amides is 2. The Morgan fingerprint density at radius 1 is 1.06 bits per heavy atom. The summed E-state index contributed by atoms with van der Waals surface area (Å²) in [6.07, 6.45) is 2.09. The van der Waals surface area contributed by atoms with E-state index < -0.39 is 0 Å². The van der Waals surface area contributed by atoms with Gasteiger partial charge in [0, 0.05) is 50.4 Å². The maximum Gasteiger partial charge on any atom is 0.259 e. The molecular formula is C27H31N3O6. The summed E-state index contributed by atoms with van der Waals surface area (Å²) in [5, 5.41) is 0. The van der Waals surface area contributed by atoms with Gasteiger partial charge in [0.15, 0.2) is 0 Å². The maximum absolute atomic E-state index is 13.7. The molecule has 2 amide bonds. The maximum atomic E-state index is 13.7. The summed E-state index contributed by atoms with van der Waals surface area (Å²) in [7, 11) is 4.71. The van der Waals surface area contributed by atoms with Crippen molar-refractivity contribution < 1.29 is 23.5 Å². The van der Waals surface area contributed by atoms with Crippen LogP contribution >= 0.6 is 0 Å². The van der Waals surface area contributed by atoms with Crippen molar-refractivity contribution >= 4 is 11.8 Å². The van der Waals surface area contributed by atoms with E-state index >= 15 is 0 Å². The van der Waals surface area contributed by atoms with Crippen LogP contribution in [0.1, 0.15) is 40.3 Å². The summed E-state index contributed by atoms with van der Waals surface area (Å²) in [5.41, 5.74) is 1.43. The van der Waals surface area contributed by atoms with Gasteiger partial charge < -0.3 is 28.3 Å². The molecule has 0 bridgehead atoms. The molecule has 190 valence electrons. The highest BCUT2D eigenvalue weighted by Crippen LogP contribution is 2.28. The minimum atomic E-state index is -0.325. The molecule has 0 aliphatic carbocycles. The second-order valence-electron chi connectivity index (χ2n) is 8.75. The summed E-state index contributed by atoms with van der Waals surface area (Å²) in [4.78, 5) is 43.1. The summed E-state index contributed by atoms with van der Waals surface area (Å²) >= 11 is 0. The van der Waals surface area contributed by atoms with Crippen molar-refractivity contribution in [1.82, 2.24) is 14.4 Å². The average Bonchev–Trinajstić information content (AvgIpc) is 3.34. The van der Waals surface area contributed by atoms with Crippen molar-refractivity contribution in [2.45, 2.75) is 32.4 Å². The summed E-state index contributed by atoms with van der Waals surface area (Å²) in [5.74, 6) is 1.18. The molecule has 4 rings (SSSR count). The van der Waals surface area contributed by atoms with E-state index in [-0.39, 0.29) is 42.1 Å². The normalized spacial score (nSPS) is 13.9. The zero-order valence-electron chi connectivity index (χ0n) is 21.0. The number of carbonyl (C=O) groups excluding carboxylic acids is 2. The van der Waals surface area contributed by atoms with E-state index in [1.807, 2.05) is 37.3 Å². The number of ether oxygens (including phenoxy) is 2. The lowest BCUT2D eigenvalue weighted by molar-refractivity contribution is -0.130. The van der Waals surface area contributed by atoms with Gasteiger partial charge in [0.2, 0.25) is 5.91 Å². The number of aromatic nitrogens is 1. The molecule has 2 aromatic heterocycles. The number of furan rings is 1. The topological polar surface area (TPSA) is 94.2 Å². The van der Waals surface area contributed by atoms with Gasteiger partial charge in [-0.15, -0.1) is 0 Å². The van der Waals surface area contributed by atoms with Gasteiger partial charge in [0.1, 0.15) is 22.8 Å². The number of pyridine rings is 1. The minimum Gasteiger partial charge on any atom is -0.496 e. The third-order valence-electron chi connectivity index (χ3n) is 6.77. The molecule has 1 aliphatic heterocycles. The van der Waals surface area contributed by atoms with Gasteiger partial charge in [-0.2, -0.15) is 0 Å². The Bertz CT molecular complexity index is 1300. The van der Waals surface area contributed by atoms with Crippen LogP contribution in [0.3, 0.4) is 0 Å². The average molecular weight is 494 g/mol. The van der Waals surface area contributed by atoms with Gasteiger partial charge >= 0.3 is 0 Å². The van der Waals surface area contributed by atoms with Crippen molar-refractivity contribution in [3.05, 3.63) is 81.7 Å².